The zero-order valence-electron chi connectivity index (χ0n) is 14.9. The molecule has 0 saturated carbocycles. The van der Waals surface area contributed by atoms with Crippen LogP contribution in [0.2, 0.25) is 0 Å². The summed E-state index contributed by atoms with van der Waals surface area (Å²) >= 11 is 1.27. The van der Waals surface area contributed by atoms with E-state index in [1.54, 1.807) is 25.1 Å². The van der Waals surface area contributed by atoms with E-state index >= 15 is 0 Å². The number of rotatable bonds is 2. The Bertz CT molecular complexity index is 1040. The number of aromatic carboxylic acids is 1. The number of hydrogen-bond donors (Lipinski definition) is 4. The van der Waals surface area contributed by atoms with Crippen LogP contribution >= 0.6 is 11.3 Å². The number of carboxylic acid groups (broad SMARTS) is 1. The second-order valence-electron chi connectivity index (χ2n) is 7.31. The predicted octanol–water partition coefficient (Wildman–Crippen LogP) is 4.99. The molecule has 3 rings (SSSR count). The molecule has 0 amide bonds. The first-order chi connectivity index (χ1) is 12.0. The number of carboxylic acids is 1. The minimum Gasteiger partial charge on any atom is -0.507 e. The van der Waals surface area contributed by atoms with Crippen molar-refractivity contribution in [1.82, 2.24) is 0 Å². The Morgan fingerprint density at radius 2 is 1.73 bits per heavy atom. The van der Waals surface area contributed by atoms with Crippen molar-refractivity contribution in [3.05, 3.63) is 41.0 Å². The van der Waals surface area contributed by atoms with Crippen LogP contribution in [0.3, 0.4) is 0 Å². The Labute approximate surface area is 154 Å². The van der Waals surface area contributed by atoms with Crippen LogP contribution in [0.4, 0.5) is 0 Å². The Morgan fingerprint density at radius 1 is 1.08 bits per heavy atom. The highest BCUT2D eigenvalue weighted by Gasteiger charge is 2.28. The lowest BCUT2D eigenvalue weighted by molar-refractivity contribution is 0.0692. The third-order valence-corrected chi connectivity index (χ3v) is 5.67. The molecular formula is C20H20O5S. The van der Waals surface area contributed by atoms with E-state index in [4.69, 9.17) is 0 Å². The first kappa shape index (κ1) is 18.1. The third-order valence-electron chi connectivity index (χ3n) is 4.49. The molecule has 0 aliphatic heterocycles. The van der Waals surface area contributed by atoms with Crippen LogP contribution in [-0.2, 0) is 5.41 Å². The van der Waals surface area contributed by atoms with Gasteiger partial charge in [-0.2, -0.15) is 0 Å². The van der Waals surface area contributed by atoms with Crippen molar-refractivity contribution in [1.29, 1.82) is 0 Å². The van der Waals surface area contributed by atoms with Gasteiger partial charge in [0.2, 0.25) is 0 Å². The average Bonchev–Trinajstić information content (AvgIpc) is 2.84. The van der Waals surface area contributed by atoms with Crippen molar-refractivity contribution in [3.63, 3.8) is 0 Å². The first-order valence-electron chi connectivity index (χ1n) is 8.08. The molecule has 2 aromatic carbocycles. The lowest BCUT2D eigenvalue weighted by Crippen LogP contribution is -2.14. The summed E-state index contributed by atoms with van der Waals surface area (Å²) in [5.74, 6) is -1.60. The molecule has 0 bridgehead atoms. The number of fused-ring (bicyclic) bond motifs is 1. The Hall–Kier alpha value is -2.73. The topological polar surface area (TPSA) is 98.0 Å². The summed E-state index contributed by atoms with van der Waals surface area (Å²) in [5.41, 5.74) is 0.711. The molecule has 26 heavy (non-hydrogen) atoms. The van der Waals surface area contributed by atoms with Crippen LogP contribution in [0, 0.1) is 6.92 Å². The molecule has 4 N–H and O–H groups in total. The number of benzene rings is 2. The number of phenols is 2. The minimum absolute atomic E-state index is 0.0339. The van der Waals surface area contributed by atoms with Gasteiger partial charge in [-0.1, -0.05) is 26.8 Å². The lowest BCUT2D eigenvalue weighted by atomic mass is 9.82. The highest BCUT2D eigenvalue weighted by Crippen LogP contribution is 2.50. The molecule has 1 heterocycles. The zero-order chi connectivity index (χ0) is 19.4. The van der Waals surface area contributed by atoms with Gasteiger partial charge in [0.1, 0.15) is 22.8 Å². The van der Waals surface area contributed by atoms with Gasteiger partial charge >= 0.3 is 5.97 Å². The van der Waals surface area contributed by atoms with E-state index in [1.165, 1.54) is 17.4 Å². The Balaban J connectivity index is 2.43. The van der Waals surface area contributed by atoms with Gasteiger partial charge in [0, 0.05) is 10.3 Å². The van der Waals surface area contributed by atoms with Crippen LogP contribution in [0.5, 0.6) is 17.2 Å². The molecule has 0 unspecified atom stereocenters. The van der Waals surface area contributed by atoms with Gasteiger partial charge < -0.3 is 20.4 Å². The summed E-state index contributed by atoms with van der Waals surface area (Å²) in [6, 6.07) is 6.68. The maximum absolute atomic E-state index is 11.8. The molecule has 136 valence electrons. The maximum atomic E-state index is 11.8. The van der Waals surface area contributed by atoms with E-state index in [9.17, 15) is 25.2 Å². The molecule has 5 nitrogen and oxygen atoms in total. The second kappa shape index (κ2) is 5.92. The quantitative estimate of drug-likeness (QED) is 0.508. The second-order valence-corrected chi connectivity index (χ2v) is 8.36. The molecule has 0 fully saturated rings. The van der Waals surface area contributed by atoms with Gasteiger partial charge in [0.25, 0.3) is 0 Å². The molecule has 0 spiro atoms. The summed E-state index contributed by atoms with van der Waals surface area (Å²) in [6.45, 7) is 7.24. The summed E-state index contributed by atoms with van der Waals surface area (Å²) in [7, 11) is 0. The van der Waals surface area contributed by atoms with Crippen LogP contribution < -0.4 is 0 Å². The lowest BCUT2D eigenvalue weighted by Gasteiger charge is -2.24. The number of hydrogen-bond acceptors (Lipinski definition) is 5. The first-order valence-corrected chi connectivity index (χ1v) is 8.89. The third kappa shape index (κ3) is 2.66. The number of aromatic hydroxyl groups is 3. The van der Waals surface area contributed by atoms with Gasteiger partial charge in [0.05, 0.1) is 10.3 Å². The van der Waals surface area contributed by atoms with E-state index in [0.717, 1.165) is 0 Å². The number of carbonyl (C=O) groups is 1. The molecule has 0 atom stereocenters. The van der Waals surface area contributed by atoms with E-state index in [1.807, 2.05) is 20.8 Å². The average molecular weight is 372 g/mol. The van der Waals surface area contributed by atoms with Gasteiger partial charge in [-0.15, -0.1) is 11.3 Å². The van der Waals surface area contributed by atoms with Crippen molar-refractivity contribution in [3.8, 4) is 27.7 Å². The number of phenolic OH excluding ortho intramolecular Hbond substituents is 1. The van der Waals surface area contributed by atoms with E-state index in [2.05, 4.69) is 0 Å². The molecule has 0 aliphatic carbocycles. The monoisotopic (exact) mass is 372 g/mol. The molecule has 0 saturated heterocycles. The fourth-order valence-electron chi connectivity index (χ4n) is 3.13. The van der Waals surface area contributed by atoms with Crippen molar-refractivity contribution in [2.24, 2.45) is 0 Å². The largest absolute Gasteiger partial charge is 0.507 e. The van der Waals surface area contributed by atoms with Gasteiger partial charge in [-0.3, -0.25) is 0 Å². The SMILES string of the molecule is Cc1c(-c2sc3cccc(O)c3c2O)cc(C(C)(C)C)c(O)c1C(=O)O. The molecule has 6 heteroatoms. The van der Waals surface area contributed by atoms with Crippen molar-refractivity contribution in [2.45, 2.75) is 33.1 Å². The molecule has 0 radical (unpaired) electrons. The van der Waals surface area contributed by atoms with Crippen molar-refractivity contribution < 1.29 is 25.2 Å². The summed E-state index contributed by atoms with van der Waals surface area (Å²) in [5, 5.41) is 41.2. The normalized spacial score (nSPS) is 11.8. The highest BCUT2D eigenvalue weighted by atomic mass is 32.1. The summed E-state index contributed by atoms with van der Waals surface area (Å²) in [6.07, 6.45) is 0. The smallest absolute Gasteiger partial charge is 0.339 e. The molecule has 0 aliphatic rings. The van der Waals surface area contributed by atoms with E-state index in [-0.39, 0.29) is 22.8 Å². The standard InChI is InChI=1S/C20H20O5S/c1-9-10(8-11(20(2,3)4)16(22)14(9)19(24)25)18-17(23)15-12(21)6-5-7-13(15)26-18/h5-8,21-23H,1-4H3,(H,24,25). The Morgan fingerprint density at radius 3 is 2.27 bits per heavy atom. The van der Waals surface area contributed by atoms with Crippen molar-refractivity contribution in [2.75, 3.05) is 0 Å². The molecular weight excluding hydrogens is 352 g/mol. The Kier molecular flexibility index (Phi) is 4.11. The van der Waals surface area contributed by atoms with E-state index < -0.39 is 11.4 Å². The van der Waals surface area contributed by atoms with Crippen LogP contribution in [0.15, 0.2) is 24.3 Å². The van der Waals surface area contributed by atoms with E-state index in [0.29, 0.717) is 31.7 Å². The fraction of sp³-hybridized carbons (Fsp3) is 0.250. The summed E-state index contributed by atoms with van der Waals surface area (Å²) < 4.78 is 0.694. The zero-order valence-corrected chi connectivity index (χ0v) is 15.7. The highest BCUT2D eigenvalue weighted by molar-refractivity contribution is 7.22. The van der Waals surface area contributed by atoms with Crippen molar-refractivity contribution >= 4 is 27.4 Å². The molecule has 1 aromatic heterocycles. The predicted molar refractivity (Wildman–Crippen MR) is 103 cm³/mol. The maximum Gasteiger partial charge on any atom is 0.339 e. The van der Waals surface area contributed by atoms with Crippen LogP contribution in [0.25, 0.3) is 20.5 Å². The molecule has 3 aromatic rings. The number of thiophene rings is 1. The van der Waals surface area contributed by atoms with Crippen LogP contribution in [0.1, 0.15) is 42.3 Å². The fourth-order valence-corrected chi connectivity index (χ4v) is 4.32. The summed E-state index contributed by atoms with van der Waals surface area (Å²) in [4.78, 5) is 12.2. The van der Waals surface area contributed by atoms with Gasteiger partial charge in [-0.05, 0) is 41.7 Å². The minimum atomic E-state index is -1.23. The van der Waals surface area contributed by atoms with Gasteiger partial charge in [-0.25, -0.2) is 4.79 Å². The van der Waals surface area contributed by atoms with Gasteiger partial charge in [0.15, 0.2) is 0 Å². The van der Waals surface area contributed by atoms with Crippen LogP contribution in [-0.4, -0.2) is 26.4 Å².